The van der Waals surface area contributed by atoms with Crippen molar-refractivity contribution in [1.29, 1.82) is 0 Å². The molecule has 0 aliphatic heterocycles. The van der Waals surface area contributed by atoms with E-state index in [4.69, 9.17) is 21.1 Å². The molecular formula is C14H14ClNO4S. The summed E-state index contributed by atoms with van der Waals surface area (Å²) in [6.07, 6.45) is 0. The zero-order valence-corrected chi connectivity index (χ0v) is 13.0. The molecule has 0 aliphatic rings. The first kappa shape index (κ1) is 15.5. The molecule has 21 heavy (non-hydrogen) atoms. The highest BCUT2D eigenvalue weighted by Crippen LogP contribution is 2.30. The second-order valence-corrected chi connectivity index (χ2v) is 6.25. The van der Waals surface area contributed by atoms with Gasteiger partial charge < -0.3 is 9.47 Å². The van der Waals surface area contributed by atoms with E-state index in [0.717, 1.165) is 0 Å². The van der Waals surface area contributed by atoms with Crippen LogP contribution in [0.25, 0.3) is 0 Å². The summed E-state index contributed by atoms with van der Waals surface area (Å²) in [6.45, 7) is 0. The summed E-state index contributed by atoms with van der Waals surface area (Å²) in [5.74, 6) is 0.951. The van der Waals surface area contributed by atoms with E-state index in [1.807, 2.05) is 0 Å². The molecule has 2 aromatic rings. The molecular weight excluding hydrogens is 314 g/mol. The van der Waals surface area contributed by atoms with E-state index in [0.29, 0.717) is 22.2 Å². The number of halogens is 1. The largest absolute Gasteiger partial charge is 0.493 e. The highest BCUT2D eigenvalue weighted by Gasteiger charge is 2.15. The van der Waals surface area contributed by atoms with Gasteiger partial charge in [0.2, 0.25) is 0 Å². The average molecular weight is 328 g/mol. The molecule has 1 N–H and O–H groups in total. The molecule has 0 saturated carbocycles. The van der Waals surface area contributed by atoms with E-state index in [-0.39, 0.29) is 4.90 Å². The third kappa shape index (κ3) is 3.59. The molecule has 0 amide bonds. The Morgan fingerprint density at radius 3 is 2.33 bits per heavy atom. The normalized spacial score (nSPS) is 11.0. The van der Waals surface area contributed by atoms with E-state index >= 15 is 0 Å². The zero-order chi connectivity index (χ0) is 15.5. The van der Waals surface area contributed by atoms with E-state index in [9.17, 15) is 8.42 Å². The molecule has 0 fully saturated rings. The van der Waals surface area contributed by atoms with Crippen molar-refractivity contribution in [3.05, 3.63) is 47.5 Å². The van der Waals surface area contributed by atoms with E-state index in [2.05, 4.69) is 4.72 Å². The highest BCUT2D eigenvalue weighted by molar-refractivity contribution is 7.92. The molecule has 0 atom stereocenters. The molecule has 0 aliphatic carbocycles. The van der Waals surface area contributed by atoms with Crippen molar-refractivity contribution in [3.8, 4) is 11.5 Å². The monoisotopic (exact) mass is 327 g/mol. The van der Waals surface area contributed by atoms with Gasteiger partial charge >= 0.3 is 0 Å². The van der Waals surface area contributed by atoms with Gasteiger partial charge in [-0.3, -0.25) is 4.72 Å². The minimum absolute atomic E-state index is 0.0878. The molecule has 2 aromatic carbocycles. The Kier molecular flexibility index (Phi) is 4.59. The van der Waals surface area contributed by atoms with Crippen LogP contribution in [0.2, 0.25) is 5.02 Å². The van der Waals surface area contributed by atoms with E-state index < -0.39 is 10.0 Å². The molecule has 0 spiro atoms. The molecule has 0 heterocycles. The topological polar surface area (TPSA) is 64.6 Å². The summed E-state index contributed by atoms with van der Waals surface area (Å²) in [6, 6.07) is 10.8. The van der Waals surface area contributed by atoms with Crippen LogP contribution < -0.4 is 14.2 Å². The fraction of sp³-hybridized carbons (Fsp3) is 0.143. The summed E-state index contributed by atoms with van der Waals surface area (Å²) in [5, 5.41) is 0.352. The standard InChI is InChI=1S/C14H14ClNO4S/c1-19-13-7-6-11(9-14(13)20-2)16-21(17,18)12-5-3-4-10(15)8-12/h3-9,16H,1-2H3. The van der Waals surface area contributed by atoms with Gasteiger partial charge in [-0.15, -0.1) is 0 Å². The third-order valence-corrected chi connectivity index (χ3v) is 4.36. The van der Waals surface area contributed by atoms with Crippen molar-refractivity contribution in [1.82, 2.24) is 0 Å². The molecule has 0 bridgehead atoms. The van der Waals surface area contributed by atoms with Crippen molar-refractivity contribution in [2.24, 2.45) is 0 Å². The number of hydrogen-bond donors (Lipinski definition) is 1. The minimum Gasteiger partial charge on any atom is -0.493 e. The highest BCUT2D eigenvalue weighted by atomic mass is 35.5. The fourth-order valence-electron chi connectivity index (χ4n) is 1.75. The van der Waals surface area contributed by atoms with Crippen LogP contribution in [0.1, 0.15) is 0 Å². The predicted octanol–water partition coefficient (Wildman–Crippen LogP) is 3.16. The lowest BCUT2D eigenvalue weighted by molar-refractivity contribution is 0.355. The van der Waals surface area contributed by atoms with Gasteiger partial charge in [-0.2, -0.15) is 0 Å². The number of benzene rings is 2. The summed E-state index contributed by atoms with van der Waals surface area (Å²) in [7, 11) is -0.724. The number of nitrogens with one attached hydrogen (secondary N) is 1. The molecule has 0 saturated heterocycles. The Morgan fingerprint density at radius 2 is 1.71 bits per heavy atom. The van der Waals surface area contributed by atoms with Crippen LogP contribution in [0.4, 0.5) is 5.69 Å². The molecule has 112 valence electrons. The Morgan fingerprint density at radius 1 is 1.00 bits per heavy atom. The maximum atomic E-state index is 12.3. The van der Waals surface area contributed by atoms with Crippen LogP contribution in [-0.2, 0) is 10.0 Å². The van der Waals surface area contributed by atoms with Gasteiger partial charge in [0, 0.05) is 11.1 Å². The summed E-state index contributed by atoms with van der Waals surface area (Å²) in [5.41, 5.74) is 0.368. The molecule has 5 nitrogen and oxygen atoms in total. The second kappa shape index (κ2) is 6.24. The number of anilines is 1. The zero-order valence-electron chi connectivity index (χ0n) is 11.5. The van der Waals surface area contributed by atoms with Gasteiger partial charge in [-0.05, 0) is 30.3 Å². The molecule has 7 heteroatoms. The van der Waals surface area contributed by atoms with Gasteiger partial charge in [0.15, 0.2) is 11.5 Å². The SMILES string of the molecule is COc1ccc(NS(=O)(=O)c2cccc(Cl)c2)cc1OC. The lowest BCUT2D eigenvalue weighted by Crippen LogP contribution is -2.13. The number of sulfonamides is 1. The Hall–Kier alpha value is -1.92. The molecule has 0 aromatic heterocycles. The molecule has 0 unspecified atom stereocenters. The first-order chi connectivity index (χ1) is 9.96. The number of rotatable bonds is 5. The molecule has 2 rings (SSSR count). The van der Waals surface area contributed by atoms with Crippen molar-refractivity contribution in [2.75, 3.05) is 18.9 Å². The quantitative estimate of drug-likeness (QED) is 0.916. The summed E-state index contributed by atoms with van der Waals surface area (Å²) in [4.78, 5) is 0.0878. The van der Waals surface area contributed by atoms with Crippen LogP contribution in [0.3, 0.4) is 0 Å². The second-order valence-electron chi connectivity index (χ2n) is 4.13. The number of methoxy groups -OCH3 is 2. The first-order valence-electron chi connectivity index (χ1n) is 5.96. The Balaban J connectivity index is 2.33. The Bertz CT molecular complexity index is 746. The van der Waals surface area contributed by atoms with Crippen molar-refractivity contribution in [2.45, 2.75) is 4.90 Å². The maximum Gasteiger partial charge on any atom is 0.261 e. The van der Waals surface area contributed by atoms with Crippen LogP contribution in [0, 0.1) is 0 Å². The lowest BCUT2D eigenvalue weighted by atomic mass is 10.3. The van der Waals surface area contributed by atoms with Crippen molar-refractivity contribution in [3.63, 3.8) is 0 Å². The van der Waals surface area contributed by atoms with Crippen molar-refractivity contribution >= 4 is 27.3 Å². The van der Waals surface area contributed by atoms with E-state index in [1.54, 1.807) is 30.3 Å². The van der Waals surface area contributed by atoms with Crippen molar-refractivity contribution < 1.29 is 17.9 Å². The Labute approximate surface area is 128 Å². The first-order valence-corrected chi connectivity index (χ1v) is 7.83. The smallest absolute Gasteiger partial charge is 0.261 e. The van der Waals surface area contributed by atoms with Gasteiger partial charge in [0.25, 0.3) is 10.0 Å². The predicted molar refractivity (Wildman–Crippen MR) is 81.8 cm³/mol. The lowest BCUT2D eigenvalue weighted by Gasteiger charge is -2.12. The van der Waals surface area contributed by atoms with Gasteiger partial charge in [-0.25, -0.2) is 8.42 Å². The average Bonchev–Trinajstić information content (AvgIpc) is 2.46. The van der Waals surface area contributed by atoms with Crippen LogP contribution >= 0.6 is 11.6 Å². The summed E-state index contributed by atoms with van der Waals surface area (Å²) < 4.78 is 37.2. The number of hydrogen-bond acceptors (Lipinski definition) is 4. The van der Waals surface area contributed by atoms with E-state index in [1.165, 1.54) is 26.4 Å². The van der Waals surface area contributed by atoms with Crippen LogP contribution in [0.5, 0.6) is 11.5 Å². The van der Waals surface area contributed by atoms with Gasteiger partial charge in [0.1, 0.15) is 0 Å². The van der Waals surface area contributed by atoms with Gasteiger partial charge in [0.05, 0.1) is 24.8 Å². The van der Waals surface area contributed by atoms with Crippen LogP contribution in [0.15, 0.2) is 47.4 Å². The minimum atomic E-state index is -3.71. The third-order valence-electron chi connectivity index (χ3n) is 2.74. The maximum absolute atomic E-state index is 12.3. The van der Waals surface area contributed by atoms with Gasteiger partial charge in [-0.1, -0.05) is 17.7 Å². The van der Waals surface area contributed by atoms with Crippen LogP contribution in [-0.4, -0.2) is 22.6 Å². The fourth-order valence-corrected chi connectivity index (χ4v) is 3.10. The summed E-state index contributed by atoms with van der Waals surface area (Å²) >= 11 is 5.81. The molecule has 0 radical (unpaired) electrons. The number of ether oxygens (including phenoxy) is 2.